The first-order valence-corrected chi connectivity index (χ1v) is 11.2. The van der Waals surface area contributed by atoms with Gasteiger partial charge >= 0.3 is 5.97 Å². The van der Waals surface area contributed by atoms with Crippen LogP contribution in [0.1, 0.15) is 19.8 Å². The molecule has 6 heteroatoms. The van der Waals surface area contributed by atoms with Crippen molar-refractivity contribution in [2.24, 2.45) is 0 Å². The van der Waals surface area contributed by atoms with E-state index in [0.29, 0.717) is 5.75 Å². The van der Waals surface area contributed by atoms with Gasteiger partial charge in [0.15, 0.2) is 0 Å². The summed E-state index contributed by atoms with van der Waals surface area (Å²) in [5.41, 5.74) is 0. The van der Waals surface area contributed by atoms with Gasteiger partial charge < -0.3 is 10.4 Å². The largest absolute Gasteiger partial charge is 0.480 e. The zero-order valence-electron chi connectivity index (χ0n) is 11.8. The highest BCUT2D eigenvalue weighted by Crippen LogP contribution is 2.15. The SMILES string of the molecule is CC(=O)NC(CSCCCC[Si](C)(C)C)C(=O)O. The number of unbranched alkanes of at least 4 members (excludes halogenated alkanes) is 1. The first kappa shape index (κ1) is 17.5. The van der Waals surface area contributed by atoms with Crippen molar-refractivity contribution in [2.75, 3.05) is 11.5 Å². The number of carbonyl (C=O) groups is 2. The fraction of sp³-hybridized carbons (Fsp3) is 0.833. The molecule has 1 amide bonds. The van der Waals surface area contributed by atoms with E-state index in [4.69, 9.17) is 5.11 Å². The van der Waals surface area contributed by atoms with E-state index in [0.717, 1.165) is 12.2 Å². The van der Waals surface area contributed by atoms with Crippen LogP contribution in [0.25, 0.3) is 0 Å². The van der Waals surface area contributed by atoms with Crippen LogP contribution in [-0.4, -0.2) is 42.6 Å². The Kier molecular flexibility index (Phi) is 8.35. The molecule has 0 aromatic rings. The minimum absolute atomic E-state index is 0.290. The average Bonchev–Trinajstić information content (AvgIpc) is 2.18. The van der Waals surface area contributed by atoms with Gasteiger partial charge in [-0.1, -0.05) is 32.1 Å². The van der Waals surface area contributed by atoms with Crippen molar-refractivity contribution in [3.63, 3.8) is 0 Å². The smallest absolute Gasteiger partial charge is 0.327 e. The maximum absolute atomic E-state index is 10.9. The highest BCUT2D eigenvalue weighted by atomic mass is 32.2. The Hall–Kier alpha value is -0.493. The third-order valence-corrected chi connectivity index (χ3v) is 5.43. The highest BCUT2D eigenvalue weighted by molar-refractivity contribution is 7.99. The zero-order valence-corrected chi connectivity index (χ0v) is 13.6. The Balaban J connectivity index is 3.68. The third-order valence-electron chi connectivity index (χ3n) is 2.43. The fourth-order valence-electron chi connectivity index (χ4n) is 1.48. The molecule has 0 aromatic carbocycles. The van der Waals surface area contributed by atoms with Crippen LogP contribution in [0, 0.1) is 0 Å². The van der Waals surface area contributed by atoms with Gasteiger partial charge in [-0.15, -0.1) is 0 Å². The second-order valence-corrected chi connectivity index (χ2v) is 12.5. The third kappa shape index (κ3) is 10.6. The zero-order chi connectivity index (χ0) is 14.2. The van der Waals surface area contributed by atoms with Crippen molar-refractivity contribution in [2.45, 2.75) is 51.5 Å². The van der Waals surface area contributed by atoms with Crippen LogP contribution in [0.3, 0.4) is 0 Å². The van der Waals surface area contributed by atoms with Gasteiger partial charge in [0, 0.05) is 20.8 Å². The summed E-state index contributed by atoms with van der Waals surface area (Å²) >= 11 is 1.60. The summed E-state index contributed by atoms with van der Waals surface area (Å²) in [5.74, 6) is 0.164. The second-order valence-electron chi connectivity index (χ2n) is 5.68. The molecule has 2 N–H and O–H groups in total. The van der Waals surface area contributed by atoms with E-state index in [1.807, 2.05) is 0 Å². The minimum Gasteiger partial charge on any atom is -0.480 e. The Morgan fingerprint density at radius 3 is 2.33 bits per heavy atom. The normalized spacial score (nSPS) is 13.1. The first-order valence-electron chi connectivity index (χ1n) is 6.30. The Morgan fingerprint density at radius 2 is 1.89 bits per heavy atom. The summed E-state index contributed by atoms with van der Waals surface area (Å²) < 4.78 is 0. The second kappa shape index (κ2) is 8.58. The molecule has 0 aliphatic rings. The van der Waals surface area contributed by atoms with Crippen LogP contribution in [0.4, 0.5) is 0 Å². The van der Waals surface area contributed by atoms with Crippen molar-refractivity contribution >= 4 is 31.7 Å². The predicted octanol–water partition coefficient (Wildman–Crippen LogP) is 2.43. The van der Waals surface area contributed by atoms with Gasteiger partial charge in [0.2, 0.25) is 5.91 Å². The molecule has 0 aliphatic carbocycles. The molecule has 0 saturated heterocycles. The number of hydrogen-bond acceptors (Lipinski definition) is 3. The lowest BCUT2D eigenvalue weighted by molar-refractivity contribution is -0.140. The number of carboxylic acid groups (broad SMARTS) is 1. The minimum atomic E-state index is -0.959. The lowest BCUT2D eigenvalue weighted by Crippen LogP contribution is -2.41. The molecular weight excluding hydrogens is 266 g/mol. The molecule has 18 heavy (non-hydrogen) atoms. The standard InChI is InChI=1S/C12H25NO3SSi/c1-10(14)13-11(12(15)16)9-17-7-5-6-8-18(2,3)4/h11H,5-9H2,1-4H3,(H,13,14)(H,15,16). The van der Waals surface area contributed by atoms with E-state index in [-0.39, 0.29) is 5.91 Å². The Morgan fingerprint density at radius 1 is 1.28 bits per heavy atom. The van der Waals surface area contributed by atoms with Gasteiger partial charge in [-0.3, -0.25) is 4.79 Å². The molecule has 0 fully saturated rings. The summed E-state index contributed by atoms with van der Waals surface area (Å²) in [7, 11) is -0.939. The van der Waals surface area contributed by atoms with E-state index < -0.39 is 20.1 Å². The van der Waals surface area contributed by atoms with E-state index in [1.54, 1.807) is 11.8 Å². The lowest BCUT2D eigenvalue weighted by Gasteiger charge is -2.15. The summed E-state index contributed by atoms with van der Waals surface area (Å²) in [6.07, 6.45) is 2.35. The van der Waals surface area contributed by atoms with E-state index in [1.165, 1.54) is 19.4 Å². The Bertz CT molecular complexity index is 279. The topological polar surface area (TPSA) is 66.4 Å². The molecule has 0 aliphatic heterocycles. The van der Waals surface area contributed by atoms with Crippen molar-refractivity contribution in [3.8, 4) is 0 Å². The van der Waals surface area contributed by atoms with Crippen LogP contribution in [0.2, 0.25) is 25.7 Å². The van der Waals surface area contributed by atoms with Crippen molar-refractivity contribution in [3.05, 3.63) is 0 Å². The van der Waals surface area contributed by atoms with Gasteiger partial charge in [-0.25, -0.2) is 4.79 Å². The molecule has 0 spiro atoms. The van der Waals surface area contributed by atoms with E-state index >= 15 is 0 Å². The molecule has 1 unspecified atom stereocenters. The number of hydrogen-bond donors (Lipinski definition) is 2. The van der Waals surface area contributed by atoms with Gasteiger partial charge in [0.25, 0.3) is 0 Å². The number of rotatable bonds is 9. The molecule has 0 bridgehead atoms. The van der Waals surface area contributed by atoms with Crippen LogP contribution >= 0.6 is 11.8 Å². The molecule has 0 heterocycles. The van der Waals surface area contributed by atoms with Crippen LogP contribution in [0.15, 0.2) is 0 Å². The Labute approximate surface area is 115 Å². The molecule has 0 aromatic heterocycles. The van der Waals surface area contributed by atoms with Gasteiger partial charge in [-0.05, 0) is 12.2 Å². The maximum Gasteiger partial charge on any atom is 0.327 e. The molecule has 0 radical (unpaired) electrons. The summed E-state index contributed by atoms with van der Waals surface area (Å²) in [6.45, 7) is 8.42. The fourth-order valence-corrected chi connectivity index (χ4v) is 3.83. The molecule has 4 nitrogen and oxygen atoms in total. The number of aliphatic carboxylic acids is 1. The number of carbonyl (C=O) groups excluding carboxylic acids is 1. The quantitative estimate of drug-likeness (QED) is 0.506. The van der Waals surface area contributed by atoms with Crippen molar-refractivity contribution in [1.82, 2.24) is 5.32 Å². The number of carboxylic acids is 1. The molecule has 1 atom stereocenters. The maximum atomic E-state index is 10.9. The van der Waals surface area contributed by atoms with Crippen molar-refractivity contribution in [1.29, 1.82) is 0 Å². The number of amides is 1. The first-order chi connectivity index (χ1) is 8.22. The average molecular weight is 291 g/mol. The lowest BCUT2D eigenvalue weighted by atomic mass is 10.3. The summed E-state index contributed by atoms with van der Waals surface area (Å²) in [5, 5.41) is 11.4. The van der Waals surface area contributed by atoms with Gasteiger partial charge in [0.1, 0.15) is 6.04 Å². The van der Waals surface area contributed by atoms with Crippen molar-refractivity contribution < 1.29 is 14.7 Å². The van der Waals surface area contributed by atoms with Gasteiger partial charge in [0.05, 0.1) is 0 Å². The highest BCUT2D eigenvalue weighted by Gasteiger charge is 2.18. The number of thioether (sulfide) groups is 1. The summed E-state index contributed by atoms with van der Waals surface area (Å²) in [6, 6.07) is 0.561. The van der Waals surface area contributed by atoms with Crippen LogP contribution < -0.4 is 5.32 Å². The molecule has 0 saturated carbocycles. The van der Waals surface area contributed by atoms with Gasteiger partial charge in [-0.2, -0.15) is 11.8 Å². The van der Waals surface area contributed by atoms with E-state index in [2.05, 4.69) is 25.0 Å². The predicted molar refractivity (Wildman–Crippen MR) is 80.0 cm³/mol. The van der Waals surface area contributed by atoms with E-state index in [9.17, 15) is 9.59 Å². The van der Waals surface area contributed by atoms with Crippen LogP contribution in [0.5, 0.6) is 0 Å². The molecule has 106 valence electrons. The molecular formula is C12H25NO3SSi. The number of nitrogens with one attached hydrogen (secondary N) is 1. The monoisotopic (exact) mass is 291 g/mol. The molecule has 0 rings (SSSR count). The summed E-state index contributed by atoms with van der Waals surface area (Å²) in [4.78, 5) is 21.7. The van der Waals surface area contributed by atoms with Crippen LogP contribution in [-0.2, 0) is 9.59 Å².